The smallest absolute Gasteiger partial charge is 0.304 e. The van der Waals surface area contributed by atoms with Crippen LogP contribution in [0.4, 0.5) is 0 Å². The van der Waals surface area contributed by atoms with Crippen molar-refractivity contribution in [3.05, 3.63) is 29.8 Å². The Kier molecular flexibility index (Phi) is 3.80. The third kappa shape index (κ3) is 3.07. The lowest BCUT2D eigenvalue weighted by atomic mass is 10.0. The highest BCUT2D eigenvalue weighted by molar-refractivity contribution is 7.92. The van der Waals surface area contributed by atoms with E-state index >= 15 is 0 Å². The SMILES string of the molecule is CC(CC(=O)O)S(=O)(=O)CC1COc2ccccc21. The minimum atomic E-state index is -3.44. The Balaban J connectivity index is 2.12. The molecule has 6 heteroatoms. The number of ether oxygens (including phenoxy) is 1. The van der Waals surface area contributed by atoms with E-state index in [1.807, 2.05) is 24.3 Å². The number of fused-ring (bicyclic) bond motifs is 1. The molecule has 104 valence electrons. The quantitative estimate of drug-likeness (QED) is 0.885. The molecule has 5 nitrogen and oxygen atoms in total. The fraction of sp³-hybridized carbons (Fsp3) is 0.462. The molecule has 2 unspecified atom stereocenters. The molecular formula is C13H16O5S. The molecule has 2 atom stereocenters. The minimum Gasteiger partial charge on any atom is -0.493 e. The van der Waals surface area contributed by atoms with Crippen LogP contribution in [0, 0.1) is 0 Å². The predicted molar refractivity (Wildman–Crippen MR) is 70.2 cm³/mol. The molecule has 0 saturated carbocycles. The van der Waals surface area contributed by atoms with Crippen LogP contribution in [0.15, 0.2) is 24.3 Å². The van der Waals surface area contributed by atoms with E-state index in [4.69, 9.17) is 9.84 Å². The van der Waals surface area contributed by atoms with Gasteiger partial charge in [-0.15, -0.1) is 0 Å². The molecule has 1 heterocycles. The van der Waals surface area contributed by atoms with Crippen LogP contribution in [-0.2, 0) is 14.6 Å². The summed E-state index contributed by atoms with van der Waals surface area (Å²) in [6.07, 6.45) is -0.364. The van der Waals surface area contributed by atoms with Gasteiger partial charge in [0.05, 0.1) is 24.0 Å². The minimum absolute atomic E-state index is 0.0710. The van der Waals surface area contributed by atoms with Crippen LogP contribution in [0.25, 0.3) is 0 Å². The Hall–Kier alpha value is -1.56. The van der Waals surface area contributed by atoms with E-state index in [0.717, 1.165) is 5.56 Å². The number of carbonyl (C=O) groups is 1. The van der Waals surface area contributed by atoms with Crippen molar-refractivity contribution in [2.75, 3.05) is 12.4 Å². The number of para-hydroxylation sites is 1. The number of rotatable bonds is 5. The summed E-state index contributed by atoms with van der Waals surface area (Å²) >= 11 is 0. The average molecular weight is 284 g/mol. The number of hydrogen-bond acceptors (Lipinski definition) is 4. The van der Waals surface area contributed by atoms with Gasteiger partial charge >= 0.3 is 5.97 Å². The van der Waals surface area contributed by atoms with Crippen molar-refractivity contribution < 1.29 is 23.1 Å². The summed E-state index contributed by atoms with van der Waals surface area (Å²) in [5.41, 5.74) is 0.883. The highest BCUT2D eigenvalue weighted by Gasteiger charge is 2.32. The Bertz CT molecular complexity index is 578. The van der Waals surface area contributed by atoms with Crippen LogP contribution in [0.1, 0.15) is 24.8 Å². The second-order valence-electron chi connectivity index (χ2n) is 4.78. The highest BCUT2D eigenvalue weighted by atomic mass is 32.2. The van der Waals surface area contributed by atoms with Gasteiger partial charge in [-0.2, -0.15) is 0 Å². The van der Waals surface area contributed by atoms with Gasteiger partial charge in [-0.1, -0.05) is 18.2 Å². The van der Waals surface area contributed by atoms with E-state index in [1.54, 1.807) is 0 Å². The van der Waals surface area contributed by atoms with Gasteiger partial charge in [0.2, 0.25) is 0 Å². The van der Waals surface area contributed by atoms with E-state index in [-0.39, 0.29) is 18.1 Å². The fourth-order valence-corrected chi connectivity index (χ4v) is 3.75. The fourth-order valence-electron chi connectivity index (χ4n) is 2.18. The third-order valence-electron chi connectivity index (χ3n) is 3.31. The van der Waals surface area contributed by atoms with Crippen molar-refractivity contribution in [1.29, 1.82) is 0 Å². The third-order valence-corrected chi connectivity index (χ3v) is 5.57. The number of carboxylic acids is 1. The van der Waals surface area contributed by atoms with E-state index in [9.17, 15) is 13.2 Å². The highest BCUT2D eigenvalue weighted by Crippen LogP contribution is 2.34. The molecule has 2 rings (SSSR count). The zero-order chi connectivity index (χ0) is 14.0. The maximum absolute atomic E-state index is 12.1. The summed E-state index contributed by atoms with van der Waals surface area (Å²) in [6.45, 7) is 1.77. The van der Waals surface area contributed by atoms with Crippen molar-refractivity contribution in [3.8, 4) is 5.75 Å². The molecule has 1 aliphatic rings. The number of hydrogen-bond donors (Lipinski definition) is 1. The van der Waals surface area contributed by atoms with Crippen molar-refractivity contribution in [2.45, 2.75) is 24.5 Å². The van der Waals surface area contributed by atoms with E-state index in [0.29, 0.717) is 12.4 Å². The lowest BCUT2D eigenvalue weighted by Gasteiger charge is -2.14. The number of sulfone groups is 1. The maximum atomic E-state index is 12.1. The summed E-state index contributed by atoms with van der Waals surface area (Å²) in [5, 5.41) is 7.80. The molecule has 1 aromatic rings. The van der Waals surface area contributed by atoms with Crippen molar-refractivity contribution in [2.24, 2.45) is 0 Å². The predicted octanol–water partition coefficient (Wildman–Crippen LogP) is 1.44. The number of aliphatic carboxylic acids is 1. The molecule has 0 radical (unpaired) electrons. The van der Waals surface area contributed by atoms with Gasteiger partial charge < -0.3 is 9.84 Å². The normalized spacial score (nSPS) is 19.5. The zero-order valence-corrected chi connectivity index (χ0v) is 11.4. The Morgan fingerprint density at radius 2 is 2.16 bits per heavy atom. The van der Waals surface area contributed by atoms with Crippen LogP contribution < -0.4 is 4.74 Å². The van der Waals surface area contributed by atoms with E-state index in [2.05, 4.69) is 0 Å². The monoisotopic (exact) mass is 284 g/mol. The number of benzene rings is 1. The molecular weight excluding hydrogens is 268 g/mol. The molecule has 0 amide bonds. The van der Waals surface area contributed by atoms with Gasteiger partial charge in [0.25, 0.3) is 0 Å². The Labute approximate surface area is 112 Å². The van der Waals surface area contributed by atoms with Crippen molar-refractivity contribution >= 4 is 15.8 Å². The molecule has 0 saturated heterocycles. The van der Waals surface area contributed by atoms with Crippen molar-refractivity contribution in [3.63, 3.8) is 0 Å². The summed E-state index contributed by atoms with van der Waals surface area (Å²) in [6, 6.07) is 7.34. The van der Waals surface area contributed by atoms with E-state index < -0.39 is 21.1 Å². The van der Waals surface area contributed by atoms with Crippen LogP contribution in [-0.4, -0.2) is 37.1 Å². The Morgan fingerprint density at radius 3 is 2.84 bits per heavy atom. The standard InChI is InChI=1S/C13H16O5S/c1-9(6-13(14)15)19(16,17)8-10-7-18-12-5-3-2-4-11(10)12/h2-5,9-10H,6-8H2,1H3,(H,14,15). The lowest BCUT2D eigenvalue weighted by molar-refractivity contribution is -0.136. The molecule has 19 heavy (non-hydrogen) atoms. The molecule has 1 aliphatic heterocycles. The molecule has 1 N–H and O–H groups in total. The molecule has 0 aromatic heterocycles. The molecule has 0 spiro atoms. The van der Waals surface area contributed by atoms with Crippen molar-refractivity contribution in [1.82, 2.24) is 0 Å². The summed E-state index contributed by atoms with van der Waals surface area (Å²) in [4.78, 5) is 10.6. The number of carboxylic acid groups (broad SMARTS) is 1. The Morgan fingerprint density at radius 1 is 1.47 bits per heavy atom. The lowest BCUT2D eigenvalue weighted by Crippen LogP contribution is -2.27. The first-order valence-electron chi connectivity index (χ1n) is 6.05. The second kappa shape index (κ2) is 5.21. The second-order valence-corrected chi connectivity index (χ2v) is 7.25. The maximum Gasteiger partial charge on any atom is 0.304 e. The molecule has 0 bridgehead atoms. The van der Waals surface area contributed by atoms with Gasteiger partial charge in [-0.3, -0.25) is 4.79 Å². The molecule has 0 aliphatic carbocycles. The largest absolute Gasteiger partial charge is 0.493 e. The van der Waals surface area contributed by atoms with Crippen LogP contribution >= 0.6 is 0 Å². The summed E-state index contributed by atoms with van der Waals surface area (Å²) in [5.74, 6) is -0.663. The molecule has 0 fully saturated rings. The van der Waals surface area contributed by atoms with Gasteiger partial charge in [-0.25, -0.2) is 8.42 Å². The topological polar surface area (TPSA) is 80.7 Å². The van der Waals surface area contributed by atoms with Crippen LogP contribution in [0.2, 0.25) is 0 Å². The first-order valence-corrected chi connectivity index (χ1v) is 7.77. The van der Waals surface area contributed by atoms with Gasteiger partial charge in [-0.05, 0) is 13.0 Å². The molecule has 1 aromatic carbocycles. The van der Waals surface area contributed by atoms with E-state index in [1.165, 1.54) is 6.92 Å². The summed E-state index contributed by atoms with van der Waals surface area (Å²) in [7, 11) is -3.44. The summed E-state index contributed by atoms with van der Waals surface area (Å²) < 4.78 is 29.7. The van der Waals surface area contributed by atoms with Gasteiger partial charge in [0.1, 0.15) is 5.75 Å². The average Bonchev–Trinajstić information content (AvgIpc) is 2.71. The zero-order valence-electron chi connectivity index (χ0n) is 10.6. The first-order chi connectivity index (χ1) is 8.90. The van der Waals surface area contributed by atoms with Crippen LogP contribution in [0.3, 0.4) is 0 Å². The van der Waals surface area contributed by atoms with Crippen LogP contribution in [0.5, 0.6) is 5.75 Å². The first kappa shape index (κ1) is 13.9. The van der Waals surface area contributed by atoms with Gasteiger partial charge in [0.15, 0.2) is 9.84 Å². The van der Waals surface area contributed by atoms with Gasteiger partial charge in [0, 0.05) is 11.5 Å².